The molecule has 0 aromatic heterocycles. The zero-order valence-corrected chi connectivity index (χ0v) is 10.7. The SMILES string of the molecule is O=C1CCCN1CCc1cccc2c1NCCC2. The maximum Gasteiger partial charge on any atom is 0.222 e. The minimum Gasteiger partial charge on any atom is -0.385 e. The summed E-state index contributed by atoms with van der Waals surface area (Å²) in [7, 11) is 0. The molecule has 0 radical (unpaired) electrons. The summed E-state index contributed by atoms with van der Waals surface area (Å²) in [5, 5.41) is 3.51. The van der Waals surface area contributed by atoms with Crippen LogP contribution >= 0.6 is 0 Å². The molecule has 2 aliphatic heterocycles. The minimum absolute atomic E-state index is 0.327. The second kappa shape index (κ2) is 5.01. The summed E-state index contributed by atoms with van der Waals surface area (Å²) in [6, 6.07) is 6.55. The van der Waals surface area contributed by atoms with E-state index in [-0.39, 0.29) is 0 Å². The van der Waals surface area contributed by atoms with Gasteiger partial charge in [-0.2, -0.15) is 0 Å². The number of nitrogens with zero attached hydrogens (tertiary/aromatic N) is 1. The van der Waals surface area contributed by atoms with Crippen molar-refractivity contribution in [1.29, 1.82) is 0 Å². The Bertz CT molecular complexity index is 456. The number of anilines is 1. The van der Waals surface area contributed by atoms with Gasteiger partial charge in [0.2, 0.25) is 5.91 Å². The number of hydrogen-bond acceptors (Lipinski definition) is 2. The summed E-state index contributed by atoms with van der Waals surface area (Å²) in [4.78, 5) is 13.6. The van der Waals surface area contributed by atoms with E-state index in [9.17, 15) is 4.79 Å². The van der Waals surface area contributed by atoms with E-state index in [2.05, 4.69) is 23.5 Å². The van der Waals surface area contributed by atoms with Gasteiger partial charge in [0.05, 0.1) is 0 Å². The van der Waals surface area contributed by atoms with Crippen molar-refractivity contribution in [2.45, 2.75) is 32.1 Å². The molecule has 2 heterocycles. The molecule has 0 spiro atoms. The molecule has 96 valence electrons. The number of carbonyl (C=O) groups excluding carboxylic acids is 1. The molecule has 1 fully saturated rings. The zero-order valence-electron chi connectivity index (χ0n) is 10.7. The maximum absolute atomic E-state index is 11.6. The van der Waals surface area contributed by atoms with Crippen molar-refractivity contribution in [2.75, 3.05) is 25.0 Å². The van der Waals surface area contributed by atoms with Crippen molar-refractivity contribution in [2.24, 2.45) is 0 Å². The van der Waals surface area contributed by atoms with E-state index >= 15 is 0 Å². The molecule has 3 heteroatoms. The van der Waals surface area contributed by atoms with Gasteiger partial charge < -0.3 is 10.2 Å². The van der Waals surface area contributed by atoms with Crippen LogP contribution in [0.25, 0.3) is 0 Å². The zero-order chi connectivity index (χ0) is 12.4. The number of para-hydroxylation sites is 1. The fraction of sp³-hybridized carbons (Fsp3) is 0.533. The number of nitrogens with one attached hydrogen (secondary N) is 1. The second-order valence-electron chi connectivity index (χ2n) is 5.22. The van der Waals surface area contributed by atoms with E-state index in [1.807, 2.05) is 4.90 Å². The van der Waals surface area contributed by atoms with Crippen LogP contribution in [0.4, 0.5) is 5.69 Å². The van der Waals surface area contributed by atoms with Gasteiger partial charge in [-0.1, -0.05) is 18.2 Å². The molecule has 3 nitrogen and oxygen atoms in total. The van der Waals surface area contributed by atoms with Crippen LogP contribution in [0.1, 0.15) is 30.4 Å². The molecule has 1 N–H and O–H groups in total. The molecule has 0 unspecified atom stereocenters. The van der Waals surface area contributed by atoms with E-state index in [4.69, 9.17) is 0 Å². The van der Waals surface area contributed by atoms with E-state index < -0.39 is 0 Å². The first-order valence-corrected chi connectivity index (χ1v) is 6.97. The Labute approximate surface area is 108 Å². The second-order valence-corrected chi connectivity index (χ2v) is 5.22. The van der Waals surface area contributed by atoms with Crippen LogP contribution in [0.15, 0.2) is 18.2 Å². The Hall–Kier alpha value is -1.51. The average Bonchev–Trinajstić information content (AvgIpc) is 2.82. The summed E-state index contributed by atoms with van der Waals surface area (Å²) in [6.07, 6.45) is 5.15. The van der Waals surface area contributed by atoms with Crippen molar-refractivity contribution < 1.29 is 4.79 Å². The summed E-state index contributed by atoms with van der Waals surface area (Å²) in [5.41, 5.74) is 4.13. The Morgan fingerprint density at radius 1 is 1.22 bits per heavy atom. The van der Waals surface area contributed by atoms with E-state index in [1.165, 1.54) is 29.7 Å². The maximum atomic E-state index is 11.6. The van der Waals surface area contributed by atoms with Crippen molar-refractivity contribution in [3.05, 3.63) is 29.3 Å². The lowest BCUT2D eigenvalue weighted by atomic mass is 9.98. The van der Waals surface area contributed by atoms with Crippen molar-refractivity contribution >= 4 is 11.6 Å². The van der Waals surface area contributed by atoms with Gasteiger partial charge in [-0.25, -0.2) is 0 Å². The lowest BCUT2D eigenvalue weighted by molar-refractivity contribution is -0.127. The monoisotopic (exact) mass is 244 g/mol. The highest BCUT2D eigenvalue weighted by molar-refractivity contribution is 5.78. The number of benzene rings is 1. The van der Waals surface area contributed by atoms with Gasteiger partial charge in [0.15, 0.2) is 0 Å². The normalized spacial score (nSPS) is 18.7. The van der Waals surface area contributed by atoms with Gasteiger partial charge in [-0.3, -0.25) is 4.79 Å². The van der Waals surface area contributed by atoms with E-state index in [0.717, 1.165) is 38.9 Å². The van der Waals surface area contributed by atoms with Crippen LogP contribution in [0.5, 0.6) is 0 Å². The highest BCUT2D eigenvalue weighted by atomic mass is 16.2. The lowest BCUT2D eigenvalue weighted by Gasteiger charge is -2.22. The van der Waals surface area contributed by atoms with Gasteiger partial charge >= 0.3 is 0 Å². The van der Waals surface area contributed by atoms with Gasteiger partial charge in [-0.15, -0.1) is 0 Å². The van der Waals surface area contributed by atoms with Crippen LogP contribution < -0.4 is 5.32 Å². The molecule has 0 bridgehead atoms. The molecule has 0 aliphatic carbocycles. The molecule has 1 aromatic rings. The Kier molecular flexibility index (Phi) is 3.22. The standard InChI is InChI=1S/C15H20N2O/c18-14-7-3-10-17(14)11-8-13-5-1-4-12-6-2-9-16-15(12)13/h1,4-5,16H,2-3,6-11H2. The number of carbonyl (C=O) groups is 1. The molecule has 1 aromatic carbocycles. The van der Waals surface area contributed by atoms with Crippen LogP contribution in [-0.2, 0) is 17.6 Å². The van der Waals surface area contributed by atoms with Gasteiger partial charge in [0.1, 0.15) is 0 Å². The molecule has 3 rings (SSSR count). The number of fused-ring (bicyclic) bond motifs is 1. The molecule has 2 aliphatic rings. The number of hydrogen-bond donors (Lipinski definition) is 1. The topological polar surface area (TPSA) is 32.3 Å². The van der Waals surface area contributed by atoms with Crippen molar-refractivity contribution in [1.82, 2.24) is 4.90 Å². The highest BCUT2D eigenvalue weighted by Crippen LogP contribution is 2.26. The quantitative estimate of drug-likeness (QED) is 0.884. The molecular formula is C15H20N2O. The third kappa shape index (κ3) is 2.22. The number of rotatable bonds is 3. The van der Waals surface area contributed by atoms with Crippen molar-refractivity contribution in [3.63, 3.8) is 0 Å². The molecular weight excluding hydrogens is 224 g/mol. The average molecular weight is 244 g/mol. The van der Waals surface area contributed by atoms with E-state index in [0.29, 0.717) is 5.91 Å². The Balaban J connectivity index is 1.70. The predicted molar refractivity (Wildman–Crippen MR) is 72.8 cm³/mol. The van der Waals surface area contributed by atoms with Gasteiger partial charge in [-0.05, 0) is 36.8 Å². The lowest BCUT2D eigenvalue weighted by Crippen LogP contribution is -2.27. The summed E-state index contributed by atoms with van der Waals surface area (Å²) in [6.45, 7) is 2.89. The fourth-order valence-electron chi connectivity index (χ4n) is 2.99. The van der Waals surface area contributed by atoms with Crippen LogP contribution in [-0.4, -0.2) is 30.4 Å². The van der Waals surface area contributed by atoms with Crippen LogP contribution in [0, 0.1) is 0 Å². The largest absolute Gasteiger partial charge is 0.385 e. The molecule has 1 saturated heterocycles. The third-order valence-electron chi connectivity index (χ3n) is 3.98. The molecule has 0 saturated carbocycles. The first kappa shape index (κ1) is 11.6. The van der Waals surface area contributed by atoms with E-state index in [1.54, 1.807) is 0 Å². The first-order chi connectivity index (χ1) is 8.84. The summed E-state index contributed by atoms with van der Waals surface area (Å²) >= 11 is 0. The third-order valence-corrected chi connectivity index (χ3v) is 3.98. The number of amides is 1. The first-order valence-electron chi connectivity index (χ1n) is 6.97. The molecule has 0 atom stereocenters. The van der Waals surface area contributed by atoms with Crippen LogP contribution in [0.3, 0.4) is 0 Å². The van der Waals surface area contributed by atoms with Gasteiger partial charge in [0, 0.05) is 31.7 Å². The number of likely N-dealkylation sites (tertiary alicyclic amines) is 1. The number of aryl methyl sites for hydroxylation is 1. The van der Waals surface area contributed by atoms with Crippen molar-refractivity contribution in [3.8, 4) is 0 Å². The minimum atomic E-state index is 0.327. The Morgan fingerprint density at radius 3 is 3.00 bits per heavy atom. The smallest absolute Gasteiger partial charge is 0.222 e. The molecule has 18 heavy (non-hydrogen) atoms. The van der Waals surface area contributed by atoms with Crippen LogP contribution in [0.2, 0.25) is 0 Å². The summed E-state index contributed by atoms with van der Waals surface area (Å²) < 4.78 is 0. The summed E-state index contributed by atoms with van der Waals surface area (Å²) in [5.74, 6) is 0.327. The predicted octanol–water partition coefficient (Wildman–Crippen LogP) is 2.21. The van der Waals surface area contributed by atoms with Gasteiger partial charge in [0.25, 0.3) is 0 Å². The highest BCUT2D eigenvalue weighted by Gasteiger charge is 2.20. The Morgan fingerprint density at radius 2 is 2.17 bits per heavy atom. The molecule has 1 amide bonds. The fourth-order valence-corrected chi connectivity index (χ4v) is 2.99.